The summed E-state index contributed by atoms with van der Waals surface area (Å²) in [5, 5.41) is 2.96. The summed E-state index contributed by atoms with van der Waals surface area (Å²) in [6.45, 7) is 4.78. The van der Waals surface area contributed by atoms with Crippen molar-refractivity contribution in [2.24, 2.45) is 0 Å². The Bertz CT molecular complexity index is 1180. The number of hydrogen-bond acceptors (Lipinski definition) is 7. The normalized spacial score (nSPS) is 10.7. The van der Waals surface area contributed by atoms with Crippen molar-refractivity contribution in [1.82, 2.24) is 9.55 Å². The number of amides is 1. The third-order valence-electron chi connectivity index (χ3n) is 4.24. The van der Waals surface area contributed by atoms with E-state index >= 15 is 0 Å². The summed E-state index contributed by atoms with van der Waals surface area (Å²) in [6, 6.07) is 6.54. The van der Waals surface area contributed by atoms with Crippen LogP contribution in [0.5, 0.6) is 0 Å². The molecule has 29 heavy (non-hydrogen) atoms. The zero-order valence-electron chi connectivity index (χ0n) is 16.1. The molecule has 150 valence electrons. The van der Waals surface area contributed by atoms with Crippen LogP contribution in [0.2, 0.25) is 0 Å². The number of anilines is 1. The Balaban J connectivity index is 1.86. The quantitative estimate of drug-likeness (QED) is 0.492. The number of aryl methyl sites for hydroxylation is 1. The average molecular weight is 413 g/mol. The van der Waals surface area contributed by atoms with E-state index in [-0.39, 0.29) is 18.9 Å². The van der Waals surface area contributed by atoms with Crippen molar-refractivity contribution in [1.29, 1.82) is 0 Å². The first-order valence-electron chi connectivity index (χ1n) is 8.88. The van der Waals surface area contributed by atoms with Gasteiger partial charge in [-0.25, -0.2) is 9.78 Å². The Hall–Kier alpha value is -3.33. The van der Waals surface area contributed by atoms with Crippen LogP contribution in [0.15, 0.2) is 35.4 Å². The third-order valence-corrected chi connectivity index (χ3v) is 5.42. The number of rotatable bonds is 6. The summed E-state index contributed by atoms with van der Waals surface area (Å²) < 4.78 is 6.19. The smallest absolute Gasteiger partial charge is 0.348 e. The summed E-state index contributed by atoms with van der Waals surface area (Å²) >= 11 is 1.09. The van der Waals surface area contributed by atoms with Crippen LogP contribution >= 0.6 is 11.3 Å². The Labute approximate surface area is 170 Å². The lowest BCUT2D eigenvalue weighted by Gasteiger charge is -2.08. The number of aromatic nitrogens is 2. The van der Waals surface area contributed by atoms with E-state index in [9.17, 15) is 19.2 Å². The van der Waals surface area contributed by atoms with Crippen molar-refractivity contribution in [3.05, 3.63) is 57.0 Å². The molecule has 0 unspecified atom stereocenters. The van der Waals surface area contributed by atoms with Gasteiger partial charge in [0.05, 0.1) is 18.3 Å². The minimum absolute atomic E-state index is 0.114. The fourth-order valence-electron chi connectivity index (χ4n) is 2.83. The van der Waals surface area contributed by atoms with E-state index in [0.717, 1.165) is 11.3 Å². The molecular formula is C20H19N3O5S. The molecule has 3 rings (SSSR count). The van der Waals surface area contributed by atoms with Crippen LogP contribution in [0.3, 0.4) is 0 Å². The van der Waals surface area contributed by atoms with Crippen molar-refractivity contribution in [2.75, 3.05) is 11.9 Å². The number of fused-ring (bicyclic) bond motifs is 1. The fraction of sp³-hybridized carbons (Fsp3) is 0.250. The van der Waals surface area contributed by atoms with Gasteiger partial charge in [-0.3, -0.25) is 19.0 Å². The number of carbonyl (C=O) groups is 3. The monoisotopic (exact) mass is 413 g/mol. The first kappa shape index (κ1) is 20.4. The van der Waals surface area contributed by atoms with Gasteiger partial charge < -0.3 is 10.1 Å². The van der Waals surface area contributed by atoms with Gasteiger partial charge in [0.15, 0.2) is 5.78 Å². The number of thiophene rings is 1. The molecule has 0 aliphatic carbocycles. The van der Waals surface area contributed by atoms with E-state index in [2.05, 4.69) is 10.3 Å². The number of hydrogen-bond donors (Lipinski definition) is 1. The summed E-state index contributed by atoms with van der Waals surface area (Å²) in [5.74, 6) is -1.05. The number of carbonyl (C=O) groups excluding carboxylic acids is 3. The molecule has 0 spiro atoms. The van der Waals surface area contributed by atoms with Gasteiger partial charge in [-0.05, 0) is 38.5 Å². The van der Waals surface area contributed by atoms with Crippen LogP contribution in [-0.4, -0.2) is 33.8 Å². The maximum absolute atomic E-state index is 12.8. The van der Waals surface area contributed by atoms with Crippen LogP contribution in [0.1, 0.15) is 39.4 Å². The fourth-order valence-corrected chi connectivity index (χ4v) is 3.87. The third kappa shape index (κ3) is 4.24. The van der Waals surface area contributed by atoms with Gasteiger partial charge in [-0.2, -0.15) is 0 Å². The molecule has 0 atom stereocenters. The molecule has 0 saturated carbocycles. The minimum atomic E-state index is -0.498. The highest BCUT2D eigenvalue weighted by Crippen LogP contribution is 2.27. The largest absolute Gasteiger partial charge is 0.462 e. The van der Waals surface area contributed by atoms with E-state index in [1.54, 1.807) is 38.1 Å². The molecular weight excluding hydrogens is 394 g/mol. The first-order chi connectivity index (χ1) is 13.8. The maximum atomic E-state index is 12.8. The SMILES string of the molecule is CCOC(=O)c1sc2ncn(CC(=O)Nc3cccc(C(C)=O)c3)c(=O)c2c1C. The molecule has 1 N–H and O–H groups in total. The molecule has 0 fully saturated rings. The number of esters is 1. The zero-order chi connectivity index (χ0) is 21.1. The predicted molar refractivity (Wildman–Crippen MR) is 110 cm³/mol. The van der Waals surface area contributed by atoms with Crippen molar-refractivity contribution in [2.45, 2.75) is 27.3 Å². The van der Waals surface area contributed by atoms with Gasteiger partial charge in [0.1, 0.15) is 16.3 Å². The lowest BCUT2D eigenvalue weighted by atomic mass is 10.1. The highest BCUT2D eigenvalue weighted by atomic mass is 32.1. The topological polar surface area (TPSA) is 107 Å². The number of ketones is 1. The molecule has 1 aromatic carbocycles. The van der Waals surface area contributed by atoms with E-state index in [4.69, 9.17) is 4.74 Å². The highest BCUT2D eigenvalue weighted by molar-refractivity contribution is 7.20. The molecule has 2 aromatic heterocycles. The van der Waals surface area contributed by atoms with Crippen LogP contribution < -0.4 is 10.9 Å². The first-order valence-corrected chi connectivity index (χ1v) is 9.70. The van der Waals surface area contributed by atoms with E-state index < -0.39 is 17.4 Å². The van der Waals surface area contributed by atoms with Crippen LogP contribution in [-0.2, 0) is 16.1 Å². The number of nitrogens with zero attached hydrogens (tertiary/aromatic N) is 2. The second kappa shape index (κ2) is 8.36. The second-order valence-electron chi connectivity index (χ2n) is 6.32. The molecule has 0 bridgehead atoms. The van der Waals surface area contributed by atoms with Crippen molar-refractivity contribution in [3.8, 4) is 0 Å². The second-order valence-corrected chi connectivity index (χ2v) is 7.32. The molecule has 0 aliphatic heterocycles. The van der Waals surface area contributed by atoms with Gasteiger partial charge in [0.2, 0.25) is 5.91 Å². The molecule has 0 saturated heterocycles. The van der Waals surface area contributed by atoms with E-state index in [0.29, 0.717) is 31.9 Å². The van der Waals surface area contributed by atoms with E-state index in [1.807, 2.05) is 0 Å². The van der Waals surface area contributed by atoms with Crippen molar-refractivity contribution < 1.29 is 19.1 Å². The molecule has 0 aliphatic rings. The molecule has 2 heterocycles. The number of Topliss-reactive ketones (excluding diaryl/α,β-unsaturated/α-hetero) is 1. The zero-order valence-corrected chi connectivity index (χ0v) is 17.0. The van der Waals surface area contributed by atoms with Crippen LogP contribution in [0.4, 0.5) is 5.69 Å². The van der Waals surface area contributed by atoms with Crippen LogP contribution in [0.25, 0.3) is 10.2 Å². The molecule has 3 aromatic rings. The predicted octanol–water partition coefficient (Wildman–Crippen LogP) is 2.78. The van der Waals surface area contributed by atoms with Gasteiger partial charge in [-0.1, -0.05) is 12.1 Å². The Morgan fingerprint density at radius 1 is 1.28 bits per heavy atom. The van der Waals surface area contributed by atoms with Gasteiger partial charge in [-0.15, -0.1) is 11.3 Å². The summed E-state index contributed by atoms with van der Waals surface area (Å²) in [5.41, 5.74) is 1.02. The highest BCUT2D eigenvalue weighted by Gasteiger charge is 2.20. The summed E-state index contributed by atoms with van der Waals surface area (Å²) in [4.78, 5) is 53.7. The summed E-state index contributed by atoms with van der Waals surface area (Å²) in [6.07, 6.45) is 1.28. The van der Waals surface area contributed by atoms with E-state index in [1.165, 1.54) is 17.8 Å². The standard InChI is InChI=1S/C20H19N3O5S/c1-4-28-20(27)17-11(2)16-18(29-17)21-10-23(19(16)26)9-15(25)22-14-7-5-6-13(8-14)12(3)24/h5-8,10H,4,9H2,1-3H3,(H,22,25). The van der Waals surface area contributed by atoms with Crippen LogP contribution in [0, 0.1) is 6.92 Å². The lowest BCUT2D eigenvalue weighted by Crippen LogP contribution is -2.28. The van der Waals surface area contributed by atoms with Gasteiger partial charge in [0, 0.05) is 11.3 Å². The molecule has 9 heteroatoms. The van der Waals surface area contributed by atoms with Crippen molar-refractivity contribution >= 4 is 44.9 Å². The van der Waals surface area contributed by atoms with Crippen molar-refractivity contribution in [3.63, 3.8) is 0 Å². The Morgan fingerprint density at radius 2 is 2.03 bits per heavy atom. The lowest BCUT2D eigenvalue weighted by molar-refractivity contribution is -0.116. The number of benzene rings is 1. The number of nitrogens with one attached hydrogen (secondary N) is 1. The van der Waals surface area contributed by atoms with Gasteiger partial charge >= 0.3 is 5.97 Å². The molecule has 0 radical (unpaired) electrons. The summed E-state index contributed by atoms with van der Waals surface area (Å²) in [7, 11) is 0. The Kier molecular flexibility index (Phi) is 5.88. The maximum Gasteiger partial charge on any atom is 0.348 e. The minimum Gasteiger partial charge on any atom is -0.462 e. The van der Waals surface area contributed by atoms with Gasteiger partial charge in [0.25, 0.3) is 5.56 Å². The Morgan fingerprint density at radius 3 is 2.72 bits per heavy atom. The number of ether oxygens (including phenoxy) is 1. The molecule has 1 amide bonds. The molecule has 8 nitrogen and oxygen atoms in total. The average Bonchev–Trinajstić information content (AvgIpc) is 3.02.